The number of benzene rings is 4. The summed E-state index contributed by atoms with van der Waals surface area (Å²) in [6.07, 6.45) is 0.223. The lowest BCUT2D eigenvalue weighted by atomic mass is 10.0. The molecule has 0 aliphatic carbocycles. The number of sulfonamides is 1. The highest BCUT2D eigenvalue weighted by Crippen LogP contribution is 2.33. The Labute approximate surface area is 560 Å². The Morgan fingerprint density at radius 3 is 1.76 bits per heavy atom. The first-order chi connectivity index (χ1) is 46.6. The van der Waals surface area contributed by atoms with Gasteiger partial charge in [0.05, 0.1) is 154 Å². The van der Waals surface area contributed by atoms with Crippen molar-refractivity contribution in [3.63, 3.8) is 0 Å². The predicted molar refractivity (Wildman–Crippen MR) is 351 cm³/mol. The van der Waals surface area contributed by atoms with Crippen molar-refractivity contribution in [2.24, 2.45) is 0 Å². The predicted octanol–water partition coefficient (Wildman–Crippen LogP) is 6.71. The van der Waals surface area contributed by atoms with E-state index in [9.17, 15) is 40.8 Å². The van der Waals surface area contributed by atoms with E-state index in [1.807, 2.05) is 55.0 Å². The molecule has 1 aliphatic rings. The summed E-state index contributed by atoms with van der Waals surface area (Å²) >= 11 is 0. The number of halogens is 3. The molecule has 28 heteroatoms. The van der Waals surface area contributed by atoms with Crippen LogP contribution in [0.5, 0.6) is 0 Å². The van der Waals surface area contributed by atoms with Gasteiger partial charge in [0.2, 0.25) is 21.6 Å². The molecule has 96 heavy (non-hydrogen) atoms. The molecule has 526 valence electrons. The normalized spacial score (nSPS) is 13.0. The quantitative estimate of drug-likeness (QED) is 0.0207. The number of amides is 4. The highest BCUT2D eigenvalue weighted by molar-refractivity contribution is 7.89. The van der Waals surface area contributed by atoms with Crippen LogP contribution >= 0.6 is 0 Å². The van der Waals surface area contributed by atoms with Crippen LogP contribution in [0.4, 0.5) is 24.5 Å². The average molecular weight is 1370 g/mol. The fraction of sp³-hybridized carbons (Fsp3) is 0.500. The standard InChI is InChI=1S/C68H90F3N7O17S/c1-4-76(5-2)59-16-19-62(61(50-59)63-49-57(20-21-72-63)65(80)73-51-54-10-7-13-58(48-54)68(69,70)71)75-66(81)56-12-6-9-53(47-56)11-8-26-86-31-34-90-39-40-91-35-32-87-27-22-74-96(83,84)60-17-14-55(15-18-60)67(82)78-24-23-77(64(79)52-78)25-28-88-33-36-92-41-42-94-45-46-95-44-43-93-38-37-89-30-29-85-3/h4,6-7,9-10,12-21,47-50,74H,5,8,11,22-46,51-52H2,1-3H3,(H-,72,73,75,80,81)/p+1. The van der Waals surface area contributed by atoms with Crippen LogP contribution < -0.4 is 15.4 Å². The van der Waals surface area contributed by atoms with Gasteiger partial charge >= 0.3 is 6.18 Å². The minimum Gasteiger partial charge on any atom is -0.382 e. The lowest BCUT2D eigenvalue weighted by molar-refractivity contribution is -0.431. The van der Waals surface area contributed by atoms with E-state index in [1.165, 1.54) is 53.6 Å². The number of carbonyl (C=O) groups is 4. The maximum Gasteiger partial charge on any atom is 0.416 e. The second kappa shape index (κ2) is 43.9. The molecule has 0 bridgehead atoms. The summed E-state index contributed by atoms with van der Waals surface area (Å²) in [6.45, 7) is 13.7. The Hall–Kier alpha value is -7.16. The number of carbonyl (C=O) groups excluding carboxylic acids is 4. The van der Waals surface area contributed by atoms with Crippen molar-refractivity contribution < 1.29 is 97.4 Å². The van der Waals surface area contributed by atoms with Crippen LogP contribution in [0.3, 0.4) is 0 Å². The van der Waals surface area contributed by atoms with Crippen LogP contribution in [0, 0.1) is 0 Å². The Morgan fingerprint density at radius 2 is 1.18 bits per heavy atom. The summed E-state index contributed by atoms with van der Waals surface area (Å²) in [5.41, 5.74) is 3.59. The van der Waals surface area contributed by atoms with Crippen molar-refractivity contribution in [3.8, 4) is 11.3 Å². The summed E-state index contributed by atoms with van der Waals surface area (Å²) in [7, 11) is -2.27. The first kappa shape index (κ1) is 77.8. The van der Waals surface area contributed by atoms with Crippen molar-refractivity contribution in [1.82, 2.24) is 24.8 Å². The number of aromatic nitrogens is 1. The molecule has 6 rings (SSSR count). The zero-order valence-electron chi connectivity index (χ0n) is 55.0. The molecular weight excluding hydrogens is 1280 g/mol. The summed E-state index contributed by atoms with van der Waals surface area (Å²) in [5, 5.41) is 5.72. The summed E-state index contributed by atoms with van der Waals surface area (Å²) in [6, 6.07) is 26.2. The minimum atomic E-state index is -4.51. The van der Waals surface area contributed by atoms with Gasteiger partial charge in [-0.2, -0.15) is 13.2 Å². The molecule has 1 aliphatic heterocycles. The zero-order chi connectivity index (χ0) is 68.6. The lowest BCUT2D eigenvalue weighted by Gasteiger charge is -2.34. The molecule has 0 atom stereocenters. The van der Waals surface area contributed by atoms with E-state index in [0.29, 0.717) is 186 Å². The fourth-order valence-electron chi connectivity index (χ4n) is 9.54. The third kappa shape index (κ3) is 28.5. The number of nitrogens with one attached hydrogen (secondary N) is 3. The molecule has 1 fully saturated rings. The van der Waals surface area contributed by atoms with Crippen molar-refractivity contribution in [2.75, 3.05) is 190 Å². The number of ether oxygens (including phenoxy) is 11. The molecule has 1 aromatic heterocycles. The number of nitrogens with zero attached hydrogens (tertiary/aromatic N) is 4. The molecule has 0 spiro atoms. The van der Waals surface area contributed by atoms with Crippen molar-refractivity contribution in [2.45, 2.75) is 44.3 Å². The zero-order valence-corrected chi connectivity index (χ0v) is 55.8. The fourth-order valence-corrected chi connectivity index (χ4v) is 10.6. The number of piperazine rings is 1. The van der Waals surface area contributed by atoms with E-state index in [1.54, 1.807) is 30.2 Å². The molecule has 0 radical (unpaired) electrons. The summed E-state index contributed by atoms with van der Waals surface area (Å²) < 4.78 is 131. The molecule has 0 saturated carbocycles. The summed E-state index contributed by atoms with van der Waals surface area (Å²) in [4.78, 5) is 60.8. The molecule has 24 nitrogen and oxygen atoms in total. The number of methoxy groups -OCH3 is 1. The molecule has 4 amide bonds. The number of aryl methyl sites for hydroxylation is 1. The Kier molecular flexibility index (Phi) is 35.6. The Balaban J connectivity index is 0.763. The molecular formula is C68H91F3N7O17S+. The number of hydrogen-bond acceptors (Lipinski definition) is 18. The van der Waals surface area contributed by atoms with Gasteiger partial charge in [0.1, 0.15) is 19.3 Å². The second-order valence-corrected chi connectivity index (χ2v) is 23.3. The van der Waals surface area contributed by atoms with Crippen LogP contribution in [-0.2, 0) is 86.1 Å². The average Bonchev–Trinajstić information content (AvgIpc) is 0.869. The minimum absolute atomic E-state index is 0.0133. The number of anilines is 1. The first-order valence-electron chi connectivity index (χ1n) is 32.0. The lowest BCUT2D eigenvalue weighted by Crippen LogP contribution is -2.52. The second-order valence-electron chi connectivity index (χ2n) is 21.5. The molecule has 4 aromatic carbocycles. The number of hydrogen-bond donors (Lipinski definition) is 3. The molecule has 1 saturated heterocycles. The van der Waals surface area contributed by atoms with Gasteiger partial charge in [0.15, 0.2) is 0 Å². The van der Waals surface area contributed by atoms with Gasteiger partial charge in [-0.3, -0.25) is 24.2 Å². The van der Waals surface area contributed by atoms with Gasteiger partial charge in [-0.1, -0.05) is 24.3 Å². The van der Waals surface area contributed by atoms with Gasteiger partial charge < -0.3 is 72.5 Å². The smallest absolute Gasteiger partial charge is 0.382 e. The van der Waals surface area contributed by atoms with Crippen molar-refractivity contribution >= 4 is 51.2 Å². The number of rotatable bonds is 48. The van der Waals surface area contributed by atoms with E-state index in [-0.39, 0.29) is 73.2 Å². The Bertz CT molecular complexity index is 3290. The van der Waals surface area contributed by atoms with Crippen LogP contribution in [0.1, 0.15) is 68.0 Å². The molecule has 5 aromatic rings. The molecule has 2 heterocycles. The first-order valence-corrected chi connectivity index (χ1v) is 33.5. The highest BCUT2D eigenvalue weighted by atomic mass is 32.2. The van der Waals surface area contributed by atoms with Gasteiger partial charge in [0, 0.05) is 93.9 Å². The van der Waals surface area contributed by atoms with Gasteiger partial charge in [0.25, 0.3) is 17.7 Å². The van der Waals surface area contributed by atoms with Crippen LogP contribution in [0.15, 0.2) is 114 Å². The third-order valence-corrected chi connectivity index (χ3v) is 16.1. The maximum atomic E-state index is 13.8. The van der Waals surface area contributed by atoms with E-state index in [4.69, 9.17) is 52.1 Å². The SMILES string of the molecule is CC=[N+](CC)c1ccc(NC(=O)c2cccc(CCCOCCOCCOCCOCCNS(=O)(=O)c3ccc(C(=O)N4CCN(CCOCCOCCOCCOCCOCCOCCOC)C(=O)C4)cc3)c2)c(-c2cc(C(=O)NCc3cccc(C(F)(F)F)c3)ccn2)c1. The number of pyridine rings is 1. The topological polar surface area (TPSA) is 262 Å². The van der Waals surface area contributed by atoms with E-state index in [2.05, 4.69) is 20.3 Å². The van der Waals surface area contributed by atoms with Gasteiger partial charge in [-0.05, 0) is 97.6 Å². The summed E-state index contributed by atoms with van der Waals surface area (Å²) in [5.74, 6) is -1.45. The van der Waals surface area contributed by atoms with Crippen molar-refractivity contribution in [3.05, 3.63) is 143 Å². The molecule has 3 N–H and O–H groups in total. The van der Waals surface area contributed by atoms with Gasteiger partial charge in [-0.25, -0.2) is 17.7 Å². The van der Waals surface area contributed by atoms with Gasteiger partial charge in [-0.15, -0.1) is 0 Å². The van der Waals surface area contributed by atoms with E-state index >= 15 is 0 Å². The van der Waals surface area contributed by atoms with Crippen LogP contribution in [-0.4, -0.2) is 243 Å². The van der Waals surface area contributed by atoms with E-state index in [0.717, 1.165) is 23.4 Å². The van der Waals surface area contributed by atoms with Crippen molar-refractivity contribution in [1.29, 1.82) is 0 Å². The largest absolute Gasteiger partial charge is 0.416 e. The monoisotopic (exact) mass is 1370 g/mol. The maximum absolute atomic E-state index is 13.8. The van der Waals surface area contributed by atoms with E-state index < -0.39 is 27.7 Å². The van der Waals surface area contributed by atoms with Crippen LogP contribution in [0.25, 0.3) is 11.3 Å². The highest BCUT2D eigenvalue weighted by Gasteiger charge is 2.31. The number of alkyl halides is 3. The molecule has 0 unspecified atom stereocenters. The third-order valence-electron chi connectivity index (χ3n) is 14.7. The van der Waals surface area contributed by atoms with Crippen LogP contribution in [0.2, 0.25) is 0 Å². The Morgan fingerprint density at radius 1 is 0.615 bits per heavy atom.